The van der Waals surface area contributed by atoms with Crippen LogP contribution in [0.4, 0.5) is 0 Å². The number of aromatic amines is 1. The molecule has 26 heavy (non-hydrogen) atoms. The van der Waals surface area contributed by atoms with Crippen molar-refractivity contribution in [2.45, 2.75) is 37.8 Å². The molecule has 0 radical (unpaired) electrons. The quantitative estimate of drug-likeness (QED) is 0.596. The van der Waals surface area contributed by atoms with Gasteiger partial charge in [0.05, 0.1) is 6.61 Å². The van der Waals surface area contributed by atoms with E-state index < -0.39 is 48.7 Å². The van der Waals surface area contributed by atoms with E-state index in [1.807, 2.05) is 6.07 Å². The highest BCUT2D eigenvalue weighted by atomic mass is 16.7. The lowest BCUT2D eigenvalue weighted by molar-refractivity contribution is -0.157. The van der Waals surface area contributed by atoms with E-state index in [9.17, 15) is 19.8 Å². The molecule has 1 aromatic carbocycles. The summed E-state index contributed by atoms with van der Waals surface area (Å²) in [4.78, 5) is 25.4. The number of aliphatic hydroxyl groups excluding tert-OH is 2. The monoisotopic (exact) mass is 364 g/mol. The molecule has 0 bridgehead atoms. The Morgan fingerprint density at radius 3 is 2.65 bits per heavy atom. The van der Waals surface area contributed by atoms with Crippen LogP contribution in [0.15, 0.2) is 52.2 Å². The highest BCUT2D eigenvalue weighted by Crippen LogP contribution is 2.31. The molecule has 0 aliphatic carbocycles. The maximum atomic E-state index is 12.0. The Morgan fingerprint density at radius 1 is 1.27 bits per heavy atom. The SMILES string of the molecule is CC(Oc1ccccc1)O[C@@H]1[C@H](O)[C@@H](CO)O[C@H]1n1ccc(=O)[nH]c1=O. The number of H-pyrrole nitrogens is 1. The molecule has 0 amide bonds. The van der Waals surface area contributed by atoms with Gasteiger partial charge in [0.1, 0.15) is 24.1 Å². The largest absolute Gasteiger partial charge is 0.465 e. The minimum atomic E-state index is -1.19. The van der Waals surface area contributed by atoms with E-state index >= 15 is 0 Å². The average Bonchev–Trinajstić information content (AvgIpc) is 2.92. The fraction of sp³-hybridized carbons (Fsp3) is 0.412. The highest BCUT2D eigenvalue weighted by Gasteiger charge is 2.46. The van der Waals surface area contributed by atoms with Gasteiger partial charge in [-0.1, -0.05) is 18.2 Å². The zero-order valence-electron chi connectivity index (χ0n) is 14.0. The lowest BCUT2D eigenvalue weighted by Gasteiger charge is -2.26. The van der Waals surface area contributed by atoms with Crippen LogP contribution in [0, 0.1) is 0 Å². The standard InChI is InChI=1S/C17H20N2O7/c1-10(24-11-5-3-2-4-6-11)25-15-14(22)12(9-20)26-16(15)19-8-7-13(21)18-17(19)23/h2-8,10,12,14-16,20,22H,9H2,1H3,(H,18,21,23)/t10?,12-,14-,15-,16-/m1/s1. The second kappa shape index (κ2) is 7.83. The second-order valence-electron chi connectivity index (χ2n) is 5.85. The van der Waals surface area contributed by atoms with Crippen LogP contribution in [0.25, 0.3) is 0 Å². The third-order valence-corrected chi connectivity index (χ3v) is 4.01. The van der Waals surface area contributed by atoms with Crippen molar-refractivity contribution in [1.82, 2.24) is 9.55 Å². The molecule has 1 aliphatic rings. The van der Waals surface area contributed by atoms with Crippen LogP contribution in [-0.2, 0) is 9.47 Å². The summed E-state index contributed by atoms with van der Waals surface area (Å²) in [5.74, 6) is 0.574. The number of hydrogen-bond acceptors (Lipinski definition) is 7. The topological polar surface area (TPSA) is 123 Å². The molecule has 1 aromatic heterocycles. The lowest BCUT2D eigenvalue weighted by Crippen LogP contribution is -2.41. The molecule has 1 unspecified atom stereocenters. The fourth-order valence-electron chi connectivity index (χ4n) is 2.81. The molecule has 9 nitrogen and oxygen atoms in total. The van der Waals surface area contributed by atoms with Gasteiger partial charge in [-0.25, -0.2) is 4.79 Å². The number of aromatic nitrogens is 2. The highest BCUT2D eigenvalue weighted by molar-refractivity contribution is 5.20. The fourth-order valence-corrected chi connectivity index (χ4v) is 2.81. The molecule has 2 heterocycles. The van der Waals surface area contributed by atoms with Crippen LogP contribution in [0.3, 0.4) is 0 Å². The summed E-state index contributed by atoms with van der Waals surface area (Å²) in [6.07, 6.45) is -3.67. The van der Waals surface area contributed by atoms with Gasteiger partial charge < -0.3 is 24.4 Å². The van der Waals surface area contributed by atoms with Gasteiger partial charge in [0.15, 0.2) is 12.5 Å². The van der Waals surface area contributed by atoms with Gasteiger partial charge in [0.2, 0.25) is 0 Å². The molecular weight excluding hydrogens is 344 g/mol. The Bertz CT molecular complexity index is 835. The average molecular weight is 364 g/mol. The van der Waals surface area contributed by atoms with Crippen molar-refractivity contribution in [3.8, 4) is 5.75 Å². The number of nitrogens with one attached hydrogen (secondary N) is 1. The van der Waals surface area contributed by atoms with Gasteiger partial charge in [-0.15, -0.1) is 0 Å². The van der Waals surface area contributed by atoms with Crippen LogP contribution in [0.5, 0.6) is 5.75 Å². The minimum absolute atomic E-state index is 0.455. The molecule has 140 valence electrons. The summed E-state index contributed by atoms with van der Waals surface area (Å²) in [6.45, 7) is 1.18. The van der Waals surface area contributed by atoms with E-state index in [-0.39, 0.29) is 0 Å². The molecule has 9 heteroatoms. The number of hydrogen-bond donors (Lipinski definition) is 3. The van der Waals surface area contributed by atoms with Crippen LogP contribution in [0.2, 0.25) is 0 Å². The van der Waals surface area contributed by atoms with Gasteiger partial charge in [0, 0.05) is 12.3 Å². The summed E-state index contributed by atoms with van der Waals surface area (Å²) < 4.78 is 18.0. The van der Waals surface area contributed by atoms with E-state index in [2.05, 4.69) is 4.98 Å². The van der Waals surface area contributed by atoms with Crippen molar-refractivity contribution in [2.75, 3.05) is 6.61 Å². The van der Waals surface area contributed by atoms with E-state index in [1.54, 1.807) is 31.2 Å². The van der Waals surface area contributed by atoms with Crippen molar-refractivity contribution in [1.29, 1.82) is 0 Å². The molecule has 5 atom stereocenters. The van der Waals surface area contributed by atoms with E-state index in [1.165, 1.54) is 6.20 Å². The zero-order valence-corrected chi connectivity index (χ0v) is 14.0. The Morgan fingerprint density at radius 2 is 2.00 bits per heavy atom. The molecular formula is C17H20N2O7. The van der Waals surface area contributed by atoms with E-state index in [0.717, 1.165) is 10.6 Å². The Kier molecular flexibility index (Phi) is 5.52. The number of rotatable bonds is 6. The normalized spacial score (nSPS) is 26.6. The van der Waals surface area contributed by atoms with Gasteiger partial charge in [-0.05, 0) is 19.1 Å². The predicted octanol–water partition coefficient (Wildman–Crippen LogP) is -0.403. The van der Waals surface area contributed by atoms with Gasteiger partial charge in [-0.3, -0.25) is 14.3 Å². The van der Waals surface area contributed by atoms with Crippen LogP contribution < -0.4 is 16.0 Å². The van der Waals surface area contributed by atoms with Crippen LogP contribution in [0.1, 0.15) is 13.2 Å². The van der Waals surface area contributed by atoms with Crippen molar-refractivity contribution in [3.05, 3.63) is 63.4 Å². The van der Waals surface area contributed by atoms with Crippen molar-refractivity contribution >= 4 is 0 Å². The van der Waals surface area contributed by atoms with Crippen LogP contribution in [-0.4, -0.2) is 51.0 Å². The summed E-state index contributed by atoms with van der Waals surface area (Å²) in [6, 6.07) is 10.1. The summed E-state index contributed by atoms with van der Waals surface area (Å²) in [7, 11) is 0. The molecule has 3 N–H and O–H groups in total. The second-order valence-corrected chi connectivity index (χ2v) is 5.85. The Hall–Kier alpha value is -2.46. The smallest absolute Gasteiger partial charge is 0.330 e. The molecule has 0 spiro atoms. The molecule has 3 rings (SSSR count). The molecule has 1 fully saturated rings. The van der Waals surface area contributed by atoms with Gasteiger partial charge in [-0.2, -0.15) is 0 Å². The molecule has 0 saturated carbocycles. The van der Waals surface area contributed by atoms with E-state index in [4.69, 9.17) is 14.2 Å². The predicted molar refractivity (Wildman–Crippen MR) is 89.7 cm³/mol. The third-order valence-electron chi connectivity index (χ3n) is 4.01. The Labute approximate surface area is 148 Å². The molecule has 1 aliphatic heterocycles. The first kappa shape index (κ1) is 18.3. The first-order valence-corrected chi connectivity index (χ1v) is 8.12. The molecule has 1 saturated heterocycles. The first-order valence-electron chi connectivity index (χ1n) is 8.12. The lowest BCUT2D eigenvalue weighted by atomic mass is 10.1. The van der Waals surface area contributed by atoms with Crippen molar-refractivity contribution < 1.29 is 24.4 Å². The summed E-state index contributed by atoms with van der Waals surface area (Å²) in [5.41, 5.74) is -1.26. The summed E-state index contributed by atoms with van der Waals surface area (Å²) >= 11 is 0. The Balaban J connectivity index is 1.81. The zero-order chi connectivity index (χ0) is 18.7. The van der Waals surface area contributed by atoms with Gasteiger partial charge in [0.25, 0.3) is 5.56 Å². The summed E-state index contributed by atoms with van der Waals surface area (Å²) in [5, 5.41) is 19.8. The van der Waals surface area contributed by atoms with Crippen molar-refractivity contribution in [3.63, 3.8) is 0 Å². The minimum Gasteiger partial charge on any atom is -0.465 e. The van der Waals surface area contributed by atoms with Crippen LogP contribution >= 0.6 is 0 Å². The third kappa shape index (κ3) is 3.86. The number of aliphatic hydroxyl groups is 2. The first-order chi connectivity index (χ1) is 12.5. The molecule has 2 aromatic rings. The van der Waals surface area contributed by atoms with E-state index in [0.29, 0.717) is 5.75 Å². The maximum absolute atomic E-state index is 12.0. The van der Waals surface area contributed by atoms with Gasteiger partial charge >= 0.3 is 5.69 Å². The number of para-hydroxylation sites is 1. The van der Waals surface area contributed by atoms with Crippen molar-refractivity contribution in [2.24, 2.45) is 0 Å². The number of ether oxygens (including phenoxy) is 3. The number of nitrogens with zero attached hydrogens (tertiary/aromatic N) is 1. The number of benzene rings is 1. The maximum Gasteiger partial charge on any atom is 0.330 e.